The van der Waals surface area contributed by atoms with Gasteiger partial charge in [-0.05, 0) is 23.9 Å². The maximum absolute atomic E-state index is 12.8. The van der Waals surface area contributed by atoms with E-state index in [9.17, 15) is 8.78 Å². The van der Waals surface area contributed by atoms with Crippen LogP contribution in [0, 0.1) is 0 Å². The zero-order chi connectivity index (χ0) is 16.6. The summed E-state index contributed by atoms with van der Waals surface area (Å²) in [6.07, 6.45) is 0. The lowest BCUT2D eigenvalue weighted by molar-refractivity contribution is 0.251. The van der Waals surface area contributed by atoms with Crippen molar-refractivity contribution in [3.63, 3.8) is 0 Å². The standard InChI is InChI=1S/C15H16F2N4OS/c1-15(2,3)12-19-11(22-20-12)8-21-10-7-5-4-6-9(10)18-14(21)23-13(16)17/h4-7,13H,8H2,1-3H3. The van der Waals surface area contributed by atoms with Crippen LogP contribution in [0.3, 0.4) is 0 Å². The van der Waals surface area contributed by atoms with E-state index in [4.69, 9.17) is 4.52 Å². The van der Waals surface area contributed by atoms with Gasteiger partial charge in [-0.15, -0.1) is 0 Å². The predicted molar refractivity (Wildman–Crippen MR) is 83.7 cm³/mol. The Balaban J connectivity index is 1.99. The monoisotopic (exact) mass is 338 g/mol. The molecule has 3 aromatic rings. The van der Waals surface area contributed by atoms with Crippen molar-refractivity contribution >= 4 is 22.8 Å². The van der Waals surface area contributed by atoms with Crippen molar-refractivity contribution in [1.29, 1.82) is 0 Å². The number of rotatable bonds is 4. The molecule has 0 saturated carbocycles. The normalized spacial score (nSPS) is 12.4. The van der Waals surface area contributed by atoms with Crippen LogP contribution in [0.25, 0.3) is 11.0 Å². The molecule has 122 valence electrons. The molecule has 0 radical (unpaired) electrons. The zero-order valence-electron chi connectivity index (χ0n) is 13.0. The van der Waals surface area contributed by atoms with Crippen molar-refractivity contribution in [2.24, 2.45) is 0 Å². The Morgan fingerprint density at radius 3 is 2.61 bits per heavy atom. The second kappa shape index (κ2) is 5.92. The summed E-state index contributed by atoms with van der Waals surface area (Å²) in [5.74, 6) is -1.59. The van der Waals surface area contributed by atoms with Crippen LogP contribution in [0.5, 0.6) is 0 Å². The maximum atomic E-state index is 12.8. The number of hydrogen-bond donors (Lipinski definition) is 0. The molecule has 0 aliphatic carbocycles. The fourth-order valence-corrected chi connectivity index (χ4v) is 2.74. The average molecular weight is 338 g/mol. The fourth-order valence-electron chi connectivity index (χ4n) is 2.13. The second-order valence-electron chi connectivity index (χ2n) is 6.11. The van der Waals surface area contributed by atoms with Gasteiger partial charge in [-0.3, -0.25) is 0 Å². The van der Waals surface area contributed by atoms with Gasteiger partial charge in [0.15, 0.2) is 11.0 Å². The third kappa shape index (κ3) is 3.36. The number of para-hydroxylation sites is 2. The molecule has 0 bridgehead atoms. The lowest BCUT2D eigenvalue weighted by Crippen LogP contribution is -2.13. The number of fused-ring (bicyclic) bond motifs is 1. The highest BCUT2D eigenvalue weighted by Crippen LogP contribution is 2.29. The lowest BCUT2D eigenvalue weighted by Gasteiger charge is -2.11. The molecule has 0 fully saturated rings. The van der Waals surface area contributed by atoms with Crippen LogP contribution in [0.1, 0.15) is 32.5 Å². The van der Waals surface area contributed by atoms with E-state index in [0.29, 0.717) is 29.0 Å². The minimum Gasteiger partial charge on any atom is -0.337 e. The highest BCUT2D eigenvalue weighted by Gasteiger charge is 2.22. The number of imidazole rings is 1. The highest BCUT2D eigenvalue weighted by molar-refractivity contribution is 7.99. The van der Waals surface area contributed by atoms with Crippen LogP contribution < -0.4 is 0 Å². The first-order valence-corrected chi connectivity index (χ1v) is 7.95. The van der Waals surface area contributed by atoms with Gasteiger partial charge in [0, 0.05) is 5.41 Å². The molecule has 0 atom stereocenters. The molecule has 0 aliphatic heterocycles. The number of thioether (sulfide) groups is 1. The van der Waals surface area contributed by atoms with Crippen molar-refractivity contribution < 1.29 is 13.3 Å². The Bertz CT molecular complexity index is 822. The molecule has 0 spiro atoms. The molecular formula is C15H16F2N4OS. The molecule has 0 amide bonds. The minimum absolute atomic E-state index is 0.207. The van der Waals surface area contributed by atoms with Gasteiger partial charge in [-0.1, -0.05) is 38.1 Å². The van der Waals surface area contributed by atoms with Crippen molar-refractivity contribution in [3.05, 3.63) is 36.0 Å². The summed E-state index contributed by atoms with van der Waals surface area (Å²) < 4.78 is 32.5. The first kappa shape index (κ1) is 15.9. The molecule has 0 aliphatic rings. The Morgan fingerprint density at radius 1 is 1.22 bits per heavy atom. The van der Waals surface area contributed by atoms with E-state index in [-0.39, 0.29) is 17.1 Å². The zero-order valence-corrected chi connectivity index (χ0v) is 13.8. The maximum Gasteiger partial charge on any atom is 0.291 e. The SMILES string of the molecule is CC(C)(C)c1noc(Cn2c(SC(F)F)nc3ccccc32)n1. The number of alkyl halides is 2. The topological polar surface area (TPSA) is 56.7 Å². The molecule has 0 unspecified atom stereocenters. The van der Waals surface area contributed by atoms with Crippen LogP contribution >= 0.6 is 11.8 Å². The fraction of sp³-hybridized carbons (Fsp3) is 0.400. The molecule has 1 aromatic carbocycles. The second-order valence-corrected chi connectivity index (χ2v) is 7.07. The summed E-state index contributed by atoms with van der Waals surface area (Å²) in [4.78, 5) is 8.62. The summed E-state index contributed by atoms with van der Waals surface area (Å²) in [6, 6.07) is 7.28. The van der Waals surface area contributed by atoms with Gasteiger partial charge < -0.3 is 9.09 Å². The van der Waals surface area contributed by atoms with Crippen LogP contribution in [-0.2, 0) is 12.0 Å². The Labute approximate surface area is 136 Å². The molecule has 0 saturated heterocycles. The molecule has 2 aromatic heterocycles. The van der Waals surface area contributed by atoms with Crippen LogP contribution in [0.2, 0.25) is 0 Å². The van der Waals surface area contributed by atoms with E-state index in [1.807, 2.05) is 39.0 Å². The van der Waals surface area contributed by atoms with Crippen molar-refractivity contribution in [2.75, 3.05) is 0 Å². The largest absolute Gasteiger partial charge is 0.337 e. The van der Waals surface area contributed by atoms with Gasteiger partial charge in [-0.25, -0.2) is 4.98 Å². The van der Waals surface area contributed by atoms with Gasteiger partial charge in [0.25, 0.3) is 5.76 Å². The molecular weight excluding hydrogens is 322 g/mol. The Hall–Kier alpha value is -1.96. The highest BCUT2D eigenvalue weighted by atomic mass is 32.2. The van der Waals surface area contributed by atoms with E-state index < -0.39 is 5.76 Å². The van der Waals surface area contributed by atoms with E-state index in [2.05, 4.69) is 15.1 Å². The Morgan fingerprint density at radius 2 is 1.96 bits per heavy atom. The predicted octanol–water partition coefficient (Wildman–Crippen LogP) is 4.08. The van der Waals surface area contributed by atoms with Gasteiger partial charge in [0.2, 0.25) is 5.89 Å². The first-order valence-electron chi connectivity index (χ1n) is 7.08. The number of benzene rings is 1. The third-order valence-electron chi connectivity index (χ3n) is 3.25. The lowest BCUT2D eigenvalue weighted by atomic mass is 9.96. The van der Waals surface area contributed by atoms with Crippen molar-refractivity contribution in [3.8, 4) is 0 Å². The van der Waals surface area contributed by atoms with Gasteiger partial charge in [0.05, 0.1) is 11.0 Å². The van der Waals surface area contributed by atoms with E-state index in [1.54, 1.807) is 10.6 Å². The number of hydrogen-bond acceptors (Lipinski definition) is 5. The molecule has 2 heterocycles. The van der Waals surface area contributed by atoms with Crippen LogP contribution in [0.4, 0.5) is 8.78 Å². The molecule has 5 nitrogen and oxygen atoms in total. The van der Waals surface area contributed by atoms with Crippen LogP contribution in [0.15, 0.2) is 33.9 Å². The summed E-state index contributed by atoms with van der Waals surface area (Å²) in [7, 11) is 0. The van der Waals surface area contributed by atoms with Gasteiger partial charge in [-0.2, -0.15) is 13.8 Å². The average Bonchev–Trinajstić information content (AvgIpc) is 3.04. The first-order chi connectivity index (χ1) is 10.8. The third-order valence-corrected chi connectivity index (χ3v) is 3.95. The van der Waals surface area contributed by atoms with Gasteiger partial charge in [0.1, 0.15) is 6.54 Å². The van der Waals surface area contributed by atoms with Crippen LogP contribution in [-0.4, -0.2) is 25.4 Å². The quantitative estimate of drug-likeness (QED) is 0.671. The summed E-state index contributed by atoms with van der Waals surface area (Å²) in [5.41, 5.74) is 1.18. The number of aromatic nitrogens is 4. The molecule has 8 heteroatoms. The van der Waals surface area contributed by atoms with E-state index in [0.717, 1.165) is 5.52 Å². The smallest absolute Gasteiger partial charge is 0.291 e. The van der Waals surface area contributed by atoms with E-state index >= 15 is 0 Å². The molecule has 0 N–H and O–H groups in total. The van der Waals surface area contributed by atoms with Crippen molar-refractivity contribution in [1.82, 2.24) is 19.7 Å². The summed E-state index contributed by atoms with van der Waals surface area (Å²) >= 11 is 0.411. The number of nitrogens with zero attached hydrogens (tertiary/aromatic N) is 4. The summed E-state index contributed by atoms with van der Waals surface area (Å²) in [5, 5.41) is 4.20. The minimum atomic E-state index is -2.54. The van der Waals surface area contributed by atoms with Crippen molar-refractivity contribution in [2.45, 2.75) is 43.6 Å². The van der Waals surface area contributed by atoms with Gasteiger partial charge >= 0.3 is 0 Å². The number of halogens is 2. The molecule has 3 rings (SSSR count). The summed E-state index contributed by atoms with van der Waals surface area (Å²) in [6.45, 7) is 6.14. The molecule has 23 heavy (non-hydrogen) atoms. The van der Waals surface area contributed by atoms with E-state index in [1.165, 1.54) is 0 Å². The Kier molecular flexibility index (Phi) is 4.09.